The molecule has 2 aromatic carbocycles. The Bertz CT molecular complexity index is 975. The predicted octanol–water partition coefficient (Wildman–Crippen LogP) is 3.63. The number of aliphatic carboxylic acids is 1. The summed E-state index contributed by atoms with van der Waals surface area (Å²) in [5, 5.41) is 11.9. The number of hydrogen-bond acceptors (Lipinski definition) is 4. The summed E-state index contributed by atoms with van der Waals surface area (Å²) in [7, 11) is 0. The van der Waals surface area contributed by atoms with Crippen molar-refractivity contribution in [1.29, 1.82) is 0 Å². The Morgan fingerprint density at radius 3 is 2.28 bits per heavy atom. The molecule has 7 heteroatoms. The van der Waals surface area contributed by atoms with Gasteiger partial charge < -0.3 is 20.1 Å². The zero-order chi connectivity index (χ0) is 22.7. The number of nitrogens with zero attached hydrogens (tertiary/aromatic N) is 1. The number of carboxylic acid groups (broad SMARTS) is 1. The average Bonchev–Trinajstić information content (AvgIpc) is 3.41. The molecular formula is C25H28N2O5. The summed E-state index contributed by atoms with van der Waals surface area (Å²) >= 11 is 0. The fourth-order valence-corrected chi connectivity index (χ4v) is 4.63. The zero-order valence-corrected chi connectivity index (χ0v) is 18.1. The van der Waals surface area contributed by atoms with Gasteiger partial charge in [-0.25, -0.2) is 4.79 Å². The first-order valence-electron chi connectivity index (χ1n) is 11.1. The molecule has 1 aliphatic heterocycles. The van der Waals surface area contributed by atoms with Crippen molar-refractivity contribution < 1.29 is 24.2 Å². The fraction of sp³-hybridized carbons (Fsp3) is 0.400. The Kier molecular flexibility index (Phi) is 6.44. The lowest BCUT2D eigenvalue weighted by molar-refractivity contribution is -0.141. The first-order chi connectivity index (χ1) is 15.5. The summed E-state index contributed by atoms with van der Waals surface area (Å²) in [6.07, 6.45) is 0.632. The van der Waals surface area contributed by atoms with Crippen LogP contribution in [0.3, 0.4) is 0 Å². The van der Waals surface area contributed by atoms with Gasteiger partial charge in [-0.15, -0.1) is 0 Å². The second kappa shape index (κ2) is 9.42. The molecule has 0 saturated carbocycles. The van der Waals surface area contributed by atoms with Gasteiger partial charge in [-0.2, -0.15) is 0 Å². The van der Waals surface area contributed by atoms with E-state index in [1.165, 1.54) is 11.1 Å². The minimum absolute atomic E-state index is 0.0209. The van der Waals surface area contributed by atoms with Crippen molar-refractivity contribution in [2.45, 2.75) is 38.1 Å². The SMILES string of the molecule is CC[C@@H](CC(=O)N1CCC(C(=O)O)C1)NC(=O)OCC1c2ccccc2-c2ccccc21. The highest BCUT2D eigenvalue weighted by Gasteiger charge is 2.32. The molecule has 2 aromatic rings. The molecule has 0 radical (unpaired) electrons. The second-order valence-electron chi connectivity index (χ2n) is 8.44. The normalized spacial score (nSPS) is 18.0. The molecule has 2 amide bonds. The highest BCUT2D eigenvalue weighted by molar-refractivity contribution is 5.80. The van der Waals surface area contributed by atoms with Crippen LogP contribution in [0, 0.1) is 5.92 Å². The topological polar surface area (TPSA) is 95.9 Å². The quantitative estimate of drug-likeness (QED) is 0.691. The van der Waals surface area contributed by atoms with Crippen LogP contribution >= 0.6 is 0 Å². The zero-order valence-electron chi connectivity index (χ0n) is 18.1. The Labute approximate surface area is 187 Å². The number of amides is 2. The van der Waals surface area contributed by atoms with Crippen LogP contribution in [-0.4, -0.2) is 53.7 Å². The van der Waals surface area contributed by atoms with Crippen LogP contribution in [0.1, 0.15) is 43.2 Å². The Morgan fingerprint density at radius 2 is 1.72 bits per heavy atom. The maximum absolute atomic E-state index is 12.5. The molecule has 1 aliphatic carbocycles. The molecule has 1 fully saturated rings. The number of carboxylic acids is 1. The number of hydrogen-bond donors (Lipinski definition) is 2. The van der Waals surface area contributed by atoms with Crippen LogP contribution < -0.4 is 5.32 Å². The van der Waals surface area contributed by atoms with E-state index < -0.39 is 18.0 Å². The Morgan fingerprint density at radius 1 is 1.09 bits per heavy atom. The van der Waals surface area contributed by atoms with Gasteiger partial charge in [0.1, 0.15) is 6.61 Å². The third-order valence-corrected chi connectivity index (χ3v) is 6.47. The van der Waals surface area contributed by atoms with Gasteiger partial charge in [-0.3, -0.25) is 9.59 Å². The van der Waals surface area contributed by atoms with Crippen LogP contribution in [0.2, 0.25) is 0 Å². The number of ether oxygens (including phenoxy) is 1. The van der Waals surface area contributed by atoms with Gasteiger partial charge in [0.05, 0.1) is 5.92 Å². The van der Waals surface area contributed by atoms with E-state index in [0.717, 1.165) is 11.1 Å². The van der Waals surface area contributed by atoms with Crippen molar-refractivity contribution in [1.82, 2.24) is 10.2 Å². The number of benzene rings is 2. The molecule has 0 bridgehead atoms. The first-order valence-corrected chi connectivity index (χ1v) is 11.1. The third kappa shape index (κ3) is 4.47. The van der Waals surface area contributed by atoms with Crippen molar-refractivity contribution >= 4 is 18.0 Å². The molecule has 4 rings (SSSR count). The van der Waals surface area contributed by atoms with Crippen LogP contribution in [0.5, 0.6) is 0 Å². The van der Waals surface area contributed by atoms with Crippen LogP contribution in [0.15, 0.2) is 48.5 Å². The van der Waals surface area contributed by atoms with E-state index >= 15 is 0 Å². The summed E-state index contributed by atoms with van der Waals surface area (Å²) < 4.78 is 5.57. The molecule has 168 valence electrons. The third-order valence-electron chi connectivity index (χ3n) is 6.47. The predicted molar refractivity (Wildman–Crippen MR) is 119 cm³/mol. The van der Waals surface area contributed by atoms with E-state index in [2.05, 4.69) is 29.6 Å². The summed E-state index contributed by atoms with van der Waals surface area (Å²) in [5.74, 6) is -1.54. The van der Waals surface area contributed by atoms with Gasteiger partial charge in [-0.1, -0.05) is 55.5 Å². The smallest absolute Gasteiger partial charge is 0.407 e. The summed E-state index contributed by atoms with van der Waals surface area (Å²) in [5.41, 5.74) is 4.62. The van der Waals surface area contributed by atoms with E-state index in [-0.39, 0.29) is 37.4 Å². The monoisotopic (exact) mass is 436 g/mol. The Hall–Kier alpha value is -3.35. The van der Waals surface area contributed by atoms with Crippen LogP contribution in [-0.2, 0) is 14.3 Å². The number of alkyl carbamates (subject to hydrolysis) is 1. The maximum atomic E-state index is 12.5. The van der Waals surface area contributed by atoms with Crippen molar-refractivity contribution in [3.8, 4) is 11.1 Å². The minimum Gasteiger partial charge on any atom is -0.481 e. The molecule has 1 heterocycles. The van der Waals surface area contributed by atoms with Crippen molar-refractivity contribution in [3.05, 3.63) is 59.7 Å². The molecule has 2 aliphatic rings. The standard InChI is InChI=1S/C25H28N2O5/c1-2-17(13-23(28)27-12-11-16(14-27)24(29)30)26-25(31)32-15-22-20-9-5-3-7-18(20)19-8-4-6-10-21(19)22/h3-10,16-17,22H,2,11-15H2,1H3,(H,26,31)(H,29,30)/t16?,17-/m0/s1. The molecule has 7 nitrogen and oxygen atoms in total. The van der Waals surface area contributed by atoms with Gasteiger partial charge in [0.15, 0.2) is 0 Å². The van der Waals surface area contributed by atoms with E-state index in [1.807, 2.05) is 31.2 Å². The van der Waals surface area contributed by atoms with E-state index in [4.69, 9.17) is 9.84 Å². The largest absolute Gasteiger partial charge is 0.481 e. The van der Waals surface area contributed by atoms with Gasteiger partial charge in [-0.05, 0) is 35.1 Å². The number of nitrogens with one attached hydrogen (secondary N) is 1. The maximum Gasteiger partial charge on any atom is 0.407 e. The van der Waals surface area contributed by atoms with E-state index in [9.17, 15) is 14.4 Å². The molecule has 2 atom stereocenters. The highest BCUT2D eigenvalue weighted by atomic mass is 16.5. The van der Waals surface area contributed by atoms with Gasteiger partial charge >= 0.3 is 12.1 Å². The van der Waals surface area contributed by atoms with Crippen LogP contribution in [0.25, 0.3) is 11.1 Å². The number of carbonyl (C=O) groups excluding carboxylic acids is 2. The van der Waals surface area contributed by atoms with Gasteiger partial charge in [0, 0.05) is 31.5 Å². The lowest BCUT2D eigenvalue weighted by Gasteiger charge is -2.22. The summed E-state index contributed by atoms with van der Waals surface area (Å²) in [4.78, 5) is 37.7. The summed E-state index contributed by atoms with van der Waals surface area (Å²) in [6.45, 7) is 2.79. The number of carbonyl (C=O) groups is 3. The average molecular weight is 437 g/mol. The second-order valence-corrected chi connectivity index (χ2v) is 8.44. The van der Waals surface area contributed by atoms with Crippen molar-refractivity contribution in [3.63, 3.8) is 0 Å². The molecule has 32 heavy (non-hydrogen) atoms. The number of likely N-dealkylation sites (tertiary alicyclic amines) is 1. The lowest BCUT2D eigenvalue weighted by atomic mass is 9.98. The van der Waals surface area contributed by atoms with E-state index in [1.54, 1.807) is 4.90 Å². The van der Waals surface area contributed by atoms with Crippen molar-refractivity contribution in [2.75, 3.05) is 19.7 Å². The molecule has 0 spiro atoms. The minimum atomic E-state index is -0.871. The highest BCUT2D eigenvalue weighted by Crippen LogP contribution is 2.44. The first kappa shape index (κ1) is 21.9. The van der Waals surface area contributed by atoms with Gasteiger partial charge in [0.2, 0.25) is 5.91 Å². The van der Waals surface area contributed by atoms with Crippen molar-refractivity contribution in [2.24, 2.45) is 5.92 Å². The summed E-state index contributed by atoms with van der Waals surface area (Å²) in [6, 6.07) is 15.9. The fourth-order valence-electron chi connectivity index (χ4n) is 4.63. The number of rotatable bonds is 7. The molecule has 0 aromatic heterocycles. The van der Waals surface area contributed by atoms with Crippen LogP contribution in [0.4, 0.5) is 4.79 Å². The van der Waals surface area contributed by atoms with Gasteiger partial charge in [0.25, 0.3) is 0 Å². The molecule has 1 unspecified atom stereocenters. The Balaban J connectivity index is 1.32. The number of fused-ring (bicyclic) bond motifs is 3. The molecule has 1 saturated heterocycles. The molecular weight excluding hydrogens is 408 g/mol. The van der Waals surface area contributed by atoms with E-state index in [0.29, 0.717) is 19.4 Å². The molecule has 2 N–H and O–H groups in total. The lowest BCUT2D eigenvalue weighted by Crippen LogP contribution is -2.40.